The third-order valence-electron chi connectivity index (χ3n) is 4.68. The van der Waals surface area contributed by atoms with Gasteiger partial charge in [0.25, 0.3) is 0 Å². The van der Waals surface area contributed by atoms with Gasteiger partial charge >= 0.3 is 12.1 Å². The van der Waals surface area contributed by atoms with Crippen LogP contribution in [0.3, 0.4) is 0 Å². The second kappa shape index (κ2) is 10.3. The van der Waals surface area contributed by atoms with Crippen LogP contribution in [0.2, 0.25) is 0 Å². The van der Waals surface area contributed by atoms with Crippen molar-refractivity contribution in [1.82, 2.24) is 9.88 Å². The molecule has 3 rings (SSSR count). The molecule has 3 aromatic rings. The standard InChI is InChI=1S/C23H24N2O6/c1-16-20(24-22(31-16)18-5-3-2-4-6-18)12-14-30-19-9-7-17(8-10-19)15-25(23(28)29)13-11-21(26)27/h2-10H,11-15H2,1H3,(H,26,27)(H,28,29). The molecule has 162 valence electrons. The third kappa shape index (κ3) is 6.33. The smallest absolute Gasteiger partial charge is 0.407 e. The van der Waals surface area contributed by atoms with Gasteiger partial charge < -0.3 is 24.3 Å². The Morgan fingerprint density at radius 3 is 2.42 bits per heavy atom. The maximum Gasteiger partial charge on any atom is 0.407 e. The summed E-state index contributed by atoms with van der Waals surface area (Å²) in [4.78, 5) is 27.6. The Kier molecular flexibility index (Phi) is 7.26. The van der Waals surface area contributed by atoms with Gasteiger partial charge in [-0.05, 0) is 36.8 Å². The highest BCUT2D eigenvalue weighted by molar-refractivity contribution is 5.69. The van der Waals surface area contributed by atoms with Gasteiger partial charge in [0.05, 0.1) is 18.7 Å². The van der Waals surface area contributed by atoms with Crippen molar-refractivity contribution >= 4 is 12.1 Å². The number of aryl methyl sites for hydroxylation is 1. The van der Waals surface area contributed by atoms with E-state index in [0.29, 0.717) is 24.7 Å². The van der Waals surface area contributed by atoms with Crippen LogP contribution in [-0.2, 0) is 17.8 Å². The van der Waals surface area contributed by atoms with Gasteiger partial charge in [-0.15, -0.1) is 0 Å². The fraction of sp³-hybridized carbons (Fsp3) is 0.261. The molecule has 0 atom stereocenters. The Balaban J connectivity index is 1.52. The van der Waals surface area contributed by atoms with Crippen molar-refractivity contribution < 1.29 is 29.0 Å². The summed E-state index contributed by atoms with van der Waals surface area (Å²) < 4.78 is 11.5. The van der Waals surface area contributed by atoms with Gasteiger partial charge in [-0.25, -0.2) is 9.78 Å². The van der Waals surface area contributed by atoms with Crippen molar-refractivity contribution in [2.45, 2.75) is 26.3 Å². The molecule has 0 bridgehead atoms. The van der Waals surface area contributed by atoms with Gasteiger partial charge in [-0.1, -0.05) is 30.3 Å². The number of amides is 1. The molecule has 2 N–H and O–H groups in total. The molecule has 8 nitrogen and oxygen atoms in total. The summed E-state index contributed by atoms with van der Waals surface area (Å²) in [6.07, 6.45) is -0.799. The summed E-state index contributed by atoms with van der Waals surface area (Å²) in [5.74, 6) is 0.963. The van der Waals surface area contributed by atoms with Gasteiger partial charge in [0.1, 0.15) is 11.5 Å². The number of benzene rings is 2. The minimum absolute atomic E-state index is 0.0645. The first-order valence-electron chi connectivity index (χ1n) is 9.85. The maximum absolute atomic E-state index is 11.3. The predicted octanol–water partition coefficient (Wildman–Crippen LogP) is 4.23. The first-order valence-corrected chi connectivity index (χ1v) is 9.85. The van der Waals surface area contributed by atoms with Crippen molar-refractivity contribution in [3.05, 3.63) is 71.6 Å². The normalized spacial score (nSPS) is 10.6. The highest BCUT2D eigenvalue weighted by Gasteiger charge is 2.14. The molecule has 0 aliphatic rings. The van der Waals surface area contributed by atoms with Crippen LogP contribution in [-0.4, -0.2) is 45.3 Å². The first-order chi connectivity index (χ1) is 14.9. The van der Waals surface area contributed by atoms with Crippen molar-refractivity contribution in [1.29, 1.82) is 0 Å². The van der Waals surface area contributed by atoms with Crippen molar-refractivity contribution in [2.75, 3.05) is 13.2 Å². The molecular formula is C23H24N2O6. The van der Waals surface area contributed by atoms with Crippen LogP contribution in [0.5, 0.6) is 5.75 Å². The van der Waals surface area contributed by atoms with Gasteiger partial charge in [0, 0.05) is 25.1 Å². The average molecular weight is 424 g/mol. The third-order valence-corrected chi connectivity index (χ3v) is 4.68. The van der Waals surface area contributed by atoms with Crippen molar-refractivity contribution in [2.24, 2.45) is 0 Å². The highest BCUT2D eigenvalue weighted by atomic mass is 16.5. The Bertz CT molecular complexity index is 1010. The Morgan fingerprint density at radius 2 is 1.77 bits per heavy atom. The van der Waals surface area contributed by atoms with Gasteiger partial charge in [0.2, 0.25) is 5.89 Å². The number of carboxylic acid groups (broad SMARTS) is 2. The summed E-state index contributed by atoms with van der Waals surface area (Å²) in [6, 6.07) is 16.7. The summed E-state index contributed by atoms with van der Waals surface area (Å²) in [5, 5.41) is 18.0. The molecule has 1 heterocycles. The fourth-order valence-corrected chi connectivity index (χ4v) is 3.01. The lowest BCUT2D eigenvalue weighted by Gasteiger charge is -2.18. The van der Waals surface area contributed by atoms with Crippen LogP contribution < -0.4 is 4.74 Å². The summed E-state index contributed by atoms with van der Waals surface area (Å²) in [5.41, 5.74) is 2.51. The summed E-state index contributed by atoms with van der Waals surface area (Å²) in [6.45, 7) is 2.34. The highest BCUT2D eigenvalue weighted by Crippen LogP contribution is 2.22. The van der Waals surface area contributed by atoms with Gasteiger partial charge in [0.15, 0.2) is 0 Å². The Morgan fingerprint density at radius 1 is 1.06 bits per heavy atom. The number of aliphatic carboxylic acids is 1. The molecule has 1 aromatic heterocycles. The molecule has 0 saturated heterocycles. The number of hydrogen-bond donors (Lipinski definition) is 2. The summed E-state index contributed by atoms with van der Waals surface area (Å²) >= 11 is 0. The zero-order chi connectivity index (χ0) is 22.2. The molecule has 0 aliphatic carbocycles. The molecule has 0 aliphatic heterocycles. The number of hydrogen-bond acceptors (Lipinski definition) is 5. The van der Waals surface area contributed by atoms with Crippen LogP contribution in [0.4, 0.5) is 4.79 Å². The number of carbonyl (C=O) groups is 2. The maximum atomic E-state index is 11.3. The van der Waals surface area contributed by atoms with Gasteiger partial charge in [-0.2, -0.15) is 0 Å². The van der Waals surface area contributed by atoms with Crippen LogP contribution in [0.25, 0.3) is 11.5 Å². The van der Waals surface area contributed by atoms with E-state index in [1.54, 1.807) is 24.3 Å². The topological polar surface area (TPSA) is 113 Å². The number of carboxylic acids is 1. The monoisotopic (exact) mass is 424 g/mol. The minimum atomic E-state index is -1.15. The molecule has 31 heavy (non-hydrogen) atoms. The van der Waals surface area contributed by atoms with Crippen LogP contribution >= 0.6 is 0 Å². The number of oxazole rings is 1. The molecular weight excluding hydrogens is 400 g/mol. The van der Waals surface area contributed by atoms with E-state index in [-0.39, 0.29) is 19.5 Å². The lowest BCUT2D eigenvalue weighted by Crippen LogP contribution is -2.31. The largest absolute Gasteiger partial charge is 0.493 e. The molecule has 2 aromatic carbocycles. The quantitative estimate of drug-likeness (QED) is 0.501. The number of rotatable bonds is 10. The van der Waals surface area contributed by atoms with Gasteiger partial charge in [-0.3, -0.25) is 4.79 Å². The number of ether oxygens (including phenoxy) is 1. The van der Waals surface area contributed by atoms with Crippen molar-refractivity contribution in [3.63, 3.8) is 0 Å². The van der Waals surface area contributed by atoms with Crippen LogP contribution in [0.1, 0.15) is 23.4 Å². The fourth-order valence-electron chi connectivity index (χ4n) is 3.01. The zero-order valence-corrected chi connectivity index (χ0v) is 17.2. The minimum Gasteiger partial charge on any atom is -0.493 e. The molecule has 8 heteroatoms. The first kappa shape index (κ1) is 21.9. The van der Waals surface area contributed by atoms with E-state index in [1.165, 1.54) is 0 Å². The second-order valence-electron chi connectivity index (χ2n) is 6.98. The van der Waals surface area contributed by atoms with Crippen LogP contribution in [0.15, 0.2) is 59.0 Å². The Labute approximate surface area is 179 Å². The van der Waals surface area contributed by atoms with E-state index < -0.39 is 12.1 Å². The lowest BCUT2D eigenvalue weighted by atomic mass is 10.2. The van der Waals surface area contributed by atoms with E-state index in [9.17, 15) is 14.7 Å². The van der Waals surface area contributed by atoms with E-state index in [4.69, 9.17) is 14.3 Å². The molecule has 0 unspecified atom stereocenters. The summed E-state index contributed by atoms with van der Waals surface area (Å²) in [7, 11) is 0. The SMILES string of the molecule is Cc1oc(-c2ccccc2)nc1CCOc1ccc(CN(CCC(=O)O)C(=O)O)cc1. The van der Waals surface area contributed by atoms with Crippen LogP contribution in [0, 0.1) is 6.92 Å². The van der Waals surface area contributed by atoms with E-state index >= 15 is 0 Å². The van der Waals surface area contributed by atoms with E-state index in [1.807, 2.05) is 37.3 Å². The molecule has 0 saturated carbocycles. The average Bonchev–Trinajstić information content (AvgIpc) is 3.13. The van der Waals surface area contributed by atoms with E-state index in [0.717, 1.165) is 27.5 Å². The molecule has 0 radical (unpaired) electrons. The number of nitrogens with zero attached hydrogens (tertiary/aromatic N) is 2. The predicted molar refractivity (Wildman–Crippen MR) is 113 cm³/mol. The molecule has 1 amide bonds. The van der Waals surface area contributed by atoms with E-state index in [2.05, 4.69) is 4.98 Å². The lowest BCUT2D eigenvalue weighted by molar-refractivity contribution is -0.137. The second-order valence-corrected chi connectivity index (χ2v) is 6.98. The Hall–Kier alpha value is -3.81. The molecule has 0 fully saturated rings. The number of aromatic nitrogens is 1. The molecule has 0 spiro atoms. The van der Waals surface area contributed by atoms with Crippen molar-refractivity contribution in [3.8, 4) is 17.2 Å². The zero-order valence-electron chi connectivity index (χ0n) is 17.2.